The highest BCUT2D eigenvalue weighted by atomic mass is 16.5. The van der Waals surface area contributed by atoms with E-state index in [1.165, 1.54) is 0 Å². The van der Waals surface area contributed by atoms with E-state index in [0.29, 0.717) is 12.6 Å². The minimum absolute atomic E-state index is 0.111. The number of rotatable bonds is 4. The quantitative estimate of drug-likeness (QED) is 0.688. The van der Waals surface area contributed by atoms with Crippen molar-refractivity contribution in [2.24, 2.45) is 0 Å². The lowest BCUT2D eigenvalue weighted by molar-refractivity contribution is -0.132. The molecular weight excluding hydrogens is 194 g/mol. The van der Waals surface area contributed by atoms with E-state index in [1.54, 1.807) is 0 Å². The van der Waals surface area contributed by atoms with E-state index in [2.05, 4.69) is 11.9 Å². The Labute approximate surface area is 90.3 Å². The van der Waals surface area contributed by atoms with Crippen LogP contribution in [0.2, 0.25) is 0 Å². The van der Waals surface area contributed by atoms with E-state index < -0.39 is 5.97 Å². The highest BCUT2D eigenvalue weighted by molar-refractivity contribution is 5.86. The van der Waals surface area contributed by atoms with Gasteiger partial charge in [-0.05, 0) is 26.7 Å². The van der Waals surface area contributed by atoms with E-state index >= 15 is 0 Å². The molecule has 0 aromatic carbocycles. The number of aliphatic carboxylic acids is 1. The van der Waals surface area contributed by atoms with Crippen molar-refractivity contribution in [1.29, 1.82) is 0 Å². The molecule has 0 aromatic rings. The Kier molecular flexibility index (Phi) is 3.88. The molecule has 0 aromatic heterocycles. The summed E-state index contributed by atoms with van der Waals surface area (Å²) in [6.07, 6.45) is 1.83. The van der Waals surface area contributed by atoms with Crippen molar-refractivity contribution < 1.29 is 14.6 Å². The molecule has 1 unspecified atom stereocenters. The SMILES string of the molecule is C=C(CNC1CCOC(C)(C)C1)C(=O)O. The largest absolute Gasteiger partial charge is 0.478 e. The van der Waals surface area contributed by atoms with Crippen LogP contribution in [0.25, 0.3) is 0 Å². The molecule has 1 heterocycles. The molecule has 2 N–H and O–H groups in total. The molecule has 0 amide bonds. The molecule has 86 valence electrons. The van der Waals surface area contributed by atoms with Gasteiger partial charge in [0.15, 0.2) is 0 Å². The molecule has 1 fully saturated rings. The molecule has 4 heteroatoms. The molecule has 4 nitrogen and oxygen atoms in total. The maximum absolute atomic E-state index is 10.5. The Morgan fingerprint density at radius 1 is 1.67 bits per heavy atom. The lowest BCUT2D eigenvalue weighted by Crippen LogP contribution is -2.44. The fraction of sp³-hybridized carbons (Fsp3) is 0.727. The maximum Gasteiger partial charge on any atom is 0.332 e. The van der Waals surface area contributed by atoms with Gasteiger partial charge in [-0.2, -0.15) is 0 Å². The molecule has 0 aliphatic carbocycles. The van der Waals surface area contributed by atoms with E-state index in [1.807, 2.05) is 13.8 Å². The summed E-state index contributed by atoms with van der Waals surface area (Å²) in [5.41, 5.74) is 0.0970. The predicted molar refractivity (Wildman–Crippen MR) is 57.8 cm³/mol. The second-order valence-electron chi connectivity index (χ2n) is 4.59. The van der Waals surface area contributed by atoms with Gasteiger partial charge in [0.1, 0.15) is 0 Å². The molecular formula is C11H19NO3. The van der Waals surface area contributed by atoms with Crippen LogP contribution in [-0.2, 0) is 9.53 Å². The number of ether oxygens (including phenoxy) is 1. The Balaban J connectivity index is 2.33. The zero-order valence-electron chi connectivity index (χ0n) is 9.38. The summed E-state index contributed by atoms with van der Waals surface area (Å²) in [6.45, 7) is 8.65. The van der Waals surface area contributed by atoms with Gasteiger partial charge in [-0.15, -0.1) is 0 Å². The second kappa shape index (κ2) is 4.77. The van der Waals surface area contributed by atoms with Crippen LogP contribution in [0.15, 0.2) is 12.2 Å². The van der Waals surface area contributed by atoms with Gasteiger partial charge in [0.05, 0.1) is 5.60 Å². The average Bonchev–Trinajstić information content (AvgIpc) is 2.12. The van der Waals surface area contributed by atoms with Crippen LogP contribution >= 0.6 is 0 Å². The Morgan fingerprint density at radius 2 is 2.33 bits per heavy atom. The van der Waals surface area contributed by atoms with Crippen molar-refractivity contribution >= 4 is 5.97 Å². The van der Waals surface area contributed by atoms with Crippen molar-refractivity contribution in [2.45, 2.75) is 38.3 Å². The van der Waals surface area contributed by atoms with Crippen LogP contribution < -0.4 is 5.32 Å². The molecule has 0 spiro atoms. The van der Waals surface area contributed by atoms with E-state index in [-0.39, 0.29) is 11.2 Å². The fourth-order valence-electron chi connectivity index (χ4n) is 1.75. The van der Waals surface area contributed by atoms with E-state index in [9.17, 15) is 4.79 Å². The molecule has 0 saturated carbocycles. The normalized spacial score (nSPS) is 24.8. The second-order valence-corrected chi connectivity index (χ2v) is 4.59. The summed E-state index contributed by atoms with van der Waals surface area (Å²) in [5, 5.41) is 11.8. The fourth-order valence-corrected chi connectivity index (χ4v) is 1.75. The zero-order chi connectivity index (χ0) is 11.5. The molecule has 1 aliphatic rings. The molecule has 0 bridgehead atoms. The Hall–Kier alpha value is -0.870. The highest BCUT2D eigenvalue weighted by Crippen LogP contribution is 2.23. The summed E-state index contributed by atoms with van der Waals surface area (Å²) in [7, 11) is 0. The first-order valence-electron chi connectivity index (χ1n) is 5.19. The third-order valence-corrected chi connectivity index (χ3v) is 2.60. The van der Waals surface area contributed by atoms with Gasteiger partial charge in [0, 0.05) is 24.8 Å². The number of carboxylic acids is 1. The standard InChI is InChI=1S/C11H19NO3/c1-8(10(13)14)7-12-9-4-5-15-11(2,3)6-9/h9,12H,1,4-7H2,2-3H3,(H,13,14). The summed E-state index contributed by atoms with van der Waals surface area (Å²) < 4.78 is 5.57. The van der Waals surface area contributed by atoms with Gasteiger partial charge in [0.2, 0.25) is 0 Å². The van der Waals surface area contributed by atoms with Gasteiger partial charge in [0.25, 0.3) is 0 Å². The minimum Gasteiger partial charge on any atom is -0.478 e. The molecule has 15 heavy (non-hydrogen) atoms. The molecule has 1 rings (SSSR count). The lowest BCUT2D eigenvalue weighted by atomic mass is 9.94. The van der Waals surface area contributed by atoms with E-state index in [4.69, 9.17) is 9.84 Å². The first-order valence-corrected chi connectivity index (χ1v) is 5.19. The van der Waals surface area contributed by atoms with Crippen LogP contribution in [0.4, 0.5) is 0 Å². The number of carbonyl (C=O) groups is 1. The minimum atomic E-state index is -0.936. The van der Waals surface area contributed by atoms with Crippen molar-refractivity contribution in [1.82, 2.24) is 5.32 Å². The zero-order valence-corrected chi connectivity index (χ0v) is 9.38. The van der Waals surface area contributed by atoms with Crippen LogP contribution in [0.1, 0.15) is 26.7 Å². The van der Waals surface area contributed by atoms with Crippen molar-refractivity contribution in [3.05, 3.63) is 12.2 Å². The Bertz CT molecular complexity index is 261. The average molecular weight is 213 g/mol. The highest BCUT2D eigenvalue weighted by Gasteiger charge is 2.28. The predicted octanol–water partition coefficient (Wildman–Crippen LogP) is 1.17. The molecule has 1 saturated heterocycles. The number of nitrogens with one attached hydrogen (secondary N) is 1. The molecule has 1 atom stereocenters. The summed E-state index contributed by atoms with van der Waals surface area (Å²) in [6, 6.07) is 0.324. The number of hydrogen-bond donors (Lipinski definition) is 2. The van der Waals surface area contributed by atoms with Gasteiger partial charge in [-0.25, -0.2) is 4.79 Å². The summed E-state index contributed by atoms with van der Waals surface area (Å²) in [4.78, 5) is 10.5. The topological polar surface area (TPSA) is 58.6 Å². The molecule has 1 aliphatic heterocycles. The van der Waals surface area contributed by atoms with Crippen LogP contribution in [0.5, 0.6) is 0 Å². The van der Waals surface area contributed by atoms with Crippen molar-refractivity contribution in [3.63, 3.8) is 0 Å². The Morgan fingerprint density at radius 3 is 2.87 bits per heavy atom. The van der Waals surface area contributed by atoms with Crippen molar-refractivity contribution in [2.75, 3.05) is 13.2 Å². The first kappa shape index (κ1) is 12.2. The first-order chi connectivity index (χ1) is 6.91. The van der Waals surface area contributed by atoms with Crippen LogP contribution in [0, 0.1) is 0 Å². The lowest BCUT2D eigenvalue weighted by Gasteiger charge is -2.36. The third kappa shape index (κ3) is 4.01. The smallest absolute Gasteiger partial charge is 0.332 e. The molecule has 0 radical (unpaired) electrons. The van der Waals surface area contributed by atoms with Gasteiger partial charge >= 0.3 is 5.97 Å². The summed E-state index contributed by atoms with van der Waals surface area (Å²) in [5.74, 6) is -0.936. The monoisotopic (exact) mass is 213 g/mol. The third-order valence-electron chi connectivity index (χ3n) is 2.60. The van der Waals surface area contributed by atoms with Crippen LogP contribution in [0.3, 0.4) is 0 Å². The number of carboxylic acid groups (broad SMARTS) is 1. The maximum atomic E-state index is 10.5. The van der Waals surface area contributed by atoms with Gasteiger partial charge in [-0.3, -0.25) is 0 Å². The number of hydrogen-bond acceptors (Lipinski definition) is 3. The van der Waals surface area contributed by atoms with Gasteiger partial charge in [-0.1, -0.05) is 6.58 Å². The van der Waals surface area contributed by atoms with Crippen molar-refractivity contribution in [3.8, 4) is 0 Å². The summed E-state index contributed by atoms with van der Waals surface area (Å²) >= 11 is 0. The van der Waals surface area contributed by atoms with E-state index in [0.717, 1.165) is 19.4 Å². The van der Waals surface area contributed by atoms with Crippen LogP contribution in [-0.4, -0.2) is 35.9 Å². The van der Waals surface area contributed by atoms with Gasteiger partial charge < -0.3 is 15.2 Å².